The Labute approximate surface area is 147 Å². The van der Waals surface area contributed by atoms with Gasteiger partial charge < -0.3 is 0 Å². The minimum absolute atomic E-state index is 0.164. The summed E-state index contributed by atoms with van der Waals surface area (Å²) in [6.07, 6.45) is -29.8. The molecule has 6 nitrogen and oxygen atoms in total. The zero-order chi connectivity index (χ0) is 23.1. The molecule has 0 heterocycles. The molecule has 0 aromatic carbocycles. The van der Waals surface area contributed by atoms with Gasteiger partial charge in [-0.3, -0.25) is 0 Å². The van der Waals surface area contributed by atoms with Crippen molar-refractivity contribution in [2.24, 2.45) is 0 Å². The van der Waals surface area contributed by atoms with Gasteiger partial charge in [0, 0.05) is 0 Å². The molecular weight excluding hydrogens is 484 g/mol. The van der Waals surface area contributed by atoms with Gasteiger partial charge in [0.1, 0.15) is 0 Å². The number of rotatable bonds is 6. The first-order valence-electron chi connectivity index (χ1n) is 5.94. The van der Waals surface area contributed by atoms with E-state index in [9.17, 15) is 69.5 Å². The van der Waals surface area contributed by atoms with Crippen LogP contribution >= 0.6 is 0 Å². The molecule has 0 aliphatic carbocycles. The molecule has 0 aromatic heterocycles. The maximum absolute atomic E-state index is 12.3. The summed E-state index contributed by atoms with van der Waals surface area (Å²) in [4.78, 5) is 0. The average molecular weight is 490 g/mol. The van der Waals surface area contributed by atoms with Crippen molar-refractivity contribution >= 4 is 20.2 Å². The molecule has 0 fully saturated rings. The van der Waals surface area contributed by atoms with Crippen LogP contribution in [0.1, 0.15) is 6.92 Å². The third-order valence-corrected chi connectivity index (χ3v) is 5.61. The van der Waals surface area contributed by atoms with Crippen molar-refractivity contribution in [3.05, 3.63) is 0 Å². The number of halogens is 12. The van der Waals surface area contributed by atoms with Gasteiger partial charge in [-0.2, -0.15) is 69.5 Å². The molecule has 20 heteroatoms. The second-order valence-electron chi connectivity index (χ2n) is 4.67. The summed E-state index contributed by atoms with van der Waals surface area (Å²) < 4.78 is 198. The maximum atomic E-state index is 12.3. The highest BCUT2D eigenvalue weighted by atomic mass is 32.2. The Morgan fingerprint density at radius 3 is 0.857 bits per heavy atom. The van der Waals surface area contributed by atoms with Gasteiger partial charge in [0.25, 0.3) is 30.7 Å². The molecule has 0 rings (SSSR count). The average Bonchev–Trinajstić information content (AvgIpc) is 2.13. The first-order valence-corrected chi connectivity index (χ1v) is 8.89. The summed E-state index contributed by atoms with van der Waals surface area (Å²) in [6.45, 7) is -0.164. The van der Waals surface area contributed by atoms with E-state index in [1.54, 1.807) is 0 Å². The minimum atomic E-state index is -6.91. The van der Waals surface area contributed by atoms with E-state index in [1.807, 2.05) is 0 Å². The Morgan fingerprint density at radius 1 is 0.536 bits per heavy atom. The summed E-state index contributed by atoms with van der Waals surface area (Å²) in [6, 6.07) is 0. The third-order valence-electron chi connectivity index (χ3n) is 2.31. The first-order chi connectivity index (χ1) is 11.8. The standard InChI is InChI=1S/C8H6F12O6S2/c1-2(25-27(21,22)3(5(9,10)11)6(12,13)14)26-28(23,24)4(7(15,16)17)8(18,19)20/h2-4H,1H3. The smallest absolute Gasteiger partial charge is 0.236 e. The molecule has 0 aliphatic heterocycles. The van der Waals surface area contributed by atoms with Gasteiger partial charge in [0.15, 0.2) is 6.29 Å². The Bertz CT molecular complexity index is 651. The van der Waals surface area contributed by atoms with E-state index in [1.165, 1.54) is 0 Å². The van der Waals surface area contributed by atoms with E-state index in [0.29, 0.717) is 0 Å². The van der Waals surface area contributed by atoms with E-state index in [-0.39, 0.29) is 6.92 Å². The summed E-state index contributed by atoms with van der Waals surface area (Å²) in [7, 11) is -13.8. The molecule has 0 saturated heterocycles. The number of alkyl halides is 12. The van der Waals surface area contributed by atoms with Crippen LogP contribution in [0.5, 0.6) is 0 Å². The summed E-state index contributed by atoms with van der Waals surface area (Å²) in [5.74, 6) is 0. The van der Waals surface area contributed by atoms with E-state index in [2.05, 4.69) is 8.37 Å². The molecule has 170 valence electrons. The van der Waals surface area contributed by atoms with Crippen LogP contribution in [-0.4, -0.2) is 58.3 Å². The molecule has 0 spiro atoms. The van der Waals surface area contributed by atoms with Crippen LogP contribution < -0.4 is 0 Å². The molecule has 0 N–H and O–H groups in total. The van der Waals surface area contributed by atoms with Gasteiger partial charge in [-0.05, 0) is 6.92 Å². The zero-order valence-corrected chi connectivity index (χ0v) is 14.2. The molecule has 0 aliphatic rings. The third kappa shape index (κ3) is 7.10. The molecule has 0 saturated carbocycles. The van der Waals surface area contributed by atoms with Gasteiger partial charge in [-0.1, -0.05) is 0 Å². The molecule has 0 radical (unpaired) electrons. The largest absolute Gasteiger partial charge is 0.416 e. The lowest BCUT2D eigenvalue weighted by Gasteiger charge is -2.26. The molecule has 0 bridgehead atoms. The molecule has 28 heavy (non-hydrogen) atoms. The van der Waals surface area contributed by atoms with Gasteiger partial charge in [0.2, 0.25) is 0 Å². The van der Waals surface area contributed by atoms with Crippen molar-refractivity contribution < 1.29 is 77.9 Å². The van der Waals surface area contributed by atoms with E-state index in [0.717, 1.165) is 0 Å². The zero-order valence-electron chi connectivity index (χ0n) is 12.5. The Kier molecular flexibility index (Phi) is 7.39. The van der Waals surface area contributed by atoms with Gasteiger partial charge in [-0.15, -0.1) is 0 Å². The van der Waals surface area contributed by atoms with Crippen LogP contribution in [0, 0.1) is 0 Å². The van der Waals surface area contributed by atoms with Crippen molar-refractivity contribution in [1.82, 2.24) is 0 Å². The van der Waals surface area contributed by atoms with Crippen molar-refractivity contribution in [3.8, 4) is 0 Å². The van der Waals surface area contributed by atoms with Crippen molar-refractivity contribution in [2.75, 3.05) is 0 Å². The summed E-state index contributed by atoms with van der Waals surface area (Å²) in [5, 5.41) is -10.6. The maximum Gasteiger partial charge on any atom is 0.416 e. The molecule has 0 amide bonds. The molecular formula is C8H6F12O6S2. The van der Waals surface area contributed by atoms with E-state index >= 15 is 0 Å². The first kappa shape index (κ1) is 27.0. The van der Waals surface area contributed by atoms with Crippen molar-refractivity contribution in [2.45, 2.75) is 48.4 Å². The van der Waals surface area contributed by atoms with Crippen LogP contribution in [0.2, 0.25) is 0 Å². The van der Waals surface area contributed by atoms with Crippen LogP contribution in [0.3, 0.4) is 0 Å². The predicted molar refractivity (Wildman–Crippen MR) is 61.3 cm³/mol. The number of hydrogen-bond donors (Lipinski definition) is 0. The van der Waals surface area contributed by atoms with Gasteiger partial charge in [-0.25, -0.2) is 8.37 Å². The minimum Gasteiger partial charge on any atom is -0.236 e. The molecule has 0 aromatic rings. The Balaban J connectivity index is 5.83. The van der Waals surface area contributed by atoms with E-state index < -0.39 is 61.7 Å². The number of hydrogen-bond acceptors (Lipinski definition) is 6. The van der Waals surface area contributed by atoms with Crippen molar-refractivity contribution in [1.29, 1.82) is 0 Å². The highest BCUT2D eigenvalue weighted by Gasteiger charge is 2.67. The Morgan fingerprint density at radius 2 is 0.714 bits per heavy atom. The SMILES string of the molecule is CC(OS(=O)(=O)C(C(F)(F)F)C(F)(F)F)OS(=O)(=O)C(C(F)(F)F)C(F)(F)F. The van der Waals surface area contributed by atoms with E-state index in [4.69, 9.17) is 0 Å². The van der Waals surface area contributed by atoms with Crippen LogP contribution in [-0.2, 0) is 28.6 Å². The van der Waals surface area contributed by atoms with Crippen molar-refractivity contribution in [3.63, 3.8) is 0 Å². The van der Waals surface area contributed by atoms with Crippen LogP contribution in [0.15, 0.2) is 0 Å². The topological polar surface area (TPSA) is 86.7 Å². The lowest BCUT2D eigenvalue weighted by Crippen LogP contribution is -2.51. The van der Waals surface area contributed by atoms with Crippen LogP contribution in [0.25, 0.3) is 0 Å². The lowest BCUT2D eigenvalue weighted by atomic mass is 10.4. The second-order valence-corrected chi connectivity index (χ2v) is 7.97. The second kappa shape index (κ2) is 7.67. The van der Waals surface area contributed by atoms with Gasteiger partial charge in [0.05, 0.1) is 0 Å². The quantitative estimate of drug-likeness (QED) is 0.323. The normalized spacial score (nSPS) is 15.7. The fourth-order valence-electron chi connectivity index (χ4n) is 1.53. The monoisotopic (exact) mass is 490 g/mol. The lowest BCUT2D eigenvalue weighted by molar-refractivity contribution is -0.228. The summed E-state index contributed by atoms with van der Waals surface area (Å²) >= 11 is 0. The molecule has 0 unspecified atom stereocenters. The Hall–Kier alpha value is -1.02. The predicted octanol–water partition coefficient (Wildman–Crippen LogP) is 3.01. The van der Waals surface area contributed by atoms with Gasteiger partial charge >= 0.3 is 24.7 Å². The highest BCUT2D eigenvalue weighted by molar-refractivity contribution is 7.88. The van der Waals surface area contributed by atoms with Crippen LogP contribution in [0.4, 0.5) is 52.7 Å². The highest BCUT2D eigenvalue weighted by Crippen LogP contribution is 2.41. The molecule has 0 atom stereocenters. The summed E-state index contributed by atoms with van der Waals surface area (Å²) in [5.41, 5.74) is 0. The fraction of sp³-hybridized carbons (Fsp3) is 1.00. The fourth-order valence-corrected chi connectivity index (χ4v) is 3.95.